The lowest BCUT2D eigenvalue weighted by atomic mass is 9.89. The van der Waals surface area contributed by atoms with Crippen LogP contribution in [0.4, 0.5) is 0 Å². The summed E-state index contributed by atoms with van der Waals surface area (Å²) < 4.78 is 0. The van der Waals surface area contributed by atoms with Gasteiger partial charge >= 0.3 is 0 Å². The number of nitrogens with one attached hydrogen (secondary N) is 2. The van der Waals surface area contributed by atoms with Gasteiger partial charge in [0.25, 0.3) is 5.56 Å². The van der Waals surface area contributed by atoms with Gasteiger partial charge in [0.1, 0.15) is 10.7 Å². The zero-order valence-electron chi connectivity index (χ0n) is 16.3. The second-order valence-electron chi connectivity index (χ2n) is 7.84. The molecular formula is C22H27N3OS. The quantitative estimate of drug-likeness (QED) is 0.692. The molecule has 0 spiro atoms. The number of fused-ring (bicyclic) bond motifs is 3. The van der Waals surface area contributed by atoms with Gasteiger partial charge in [-0.05, 0) is 68.7 Å². The molecule has 4 rings (SSSR count). The van der Waals surface area contributed by atoms with E-state index in [1.54, 1.807) is 11.3 Å². The smallest absolute Gasteiger partial charge is 0.259 e. The van der Waals surface area contributed by atoms with Crippen LogP contribution >= 0.6 is 11.3 Å². The van der Waals surface area contributed by atoms with Crippen molar-refractivity contribution in [2.24, 2.45) is 5.92 Å². The molecule has 27 heavy (non-hydrogen) atoms. The van der Waals surface area contributed by atoms with Gasteiger partial charge in [-0.3, -0.25) is 4.79 Å². The molecule has 2 N–H and O–H groups in total. The van der Waals surface area contributed by atoms with Crippen LogP contribution in [0.25, 0.3) is 10.2 Å². The first-order chi connectivity index (χ1) is 13.0. The fourth-order valence-corrected chi connectivity index (χ4v) is 5.37. The molecule has 4 nitrogen and oxygen atoms in total. The van der Waals surface area contributed by atoms with E-state index >= 15 is 0 Å². The maximum Gasteiger partial charge on any atom is 0.259 e. The van der Waals surface area contributed by atoms with E-state index in [1.165, 1.54) is 21.6 Å². The van der Waals surface area contributed by atoms with Crippen molar-refractivity contribution in [1.29, 1.82) is 0 Å². The minimum Gasteiger partial charge on any atom is -0.309 e. The molecule has 142 valence electrons. The molecule has 3 aromatic rings. The van der Waals surface area contributed by atoms with E-state index in [0.717, 1.165) is 48.3 Å². The van der Waals surface area contributed by atoms with Crippen molar-refractivity contribution in [2.45, 2.75) is 52.5 Å². The van der Waals surface area contributed by atoms with Gasteiger partial charge in [-0.25, -0.2) is 4.98 Å². The Bertz CT molecular complexity index is 1020. The van der Waals surface area contributed by atoms with Crippen molar-refractivity contribution in [2.75, 3.05) is 6.54 Å². The third-order valence-electron chi connectivity index (χ3n) is 5.70. The molecule has 5 heteroatoms. The summed E-state index contributed by atoms with van der Waals surface area (Å²) in [5, 5.41) is 4.34. The first kappa shape index (κ1) is 18.4. The number of aromatic nitrogens is 2. The van der Waals surface area contributed by atoms with Crippen molar-refractivity contribution < 1.29 is 0 Å². The average molecular weight is 382 g/mol. The predicted molar refractivity (Wildman–Crippen MR) is 113 cm³/mol. The molecule has 2 aromatic heterocycles. The molecule has 0 saturated carbocycles. The summed E-state index contributed by atoms with van der Waals surface area (Å²) in [6.45, 7) is 7.35. The molecule has 0 bridgehead atoms. The monoisotopic (exact) mass is 381 g/mol. The highest BCUT2D eigenvalue weighted by Gasteiger charge is 2.23. The van der Waals surface area contributed by atoms with Gasteiger partial charge in [-0.2, -0.15) is 0 Å². The van der Waals surface area contributed by atoms with E-state index < -0.39 is 0 Å². The number of hydrogen-bond acceptors (Lipinski definition) is 4. The van der Waals surface area contributed by atoms with E-state index in [9.17, 15) is 4.79 Å². The average Bonchev–Trinajstić information content (AvgIpc) is 3.01. The fourth-order valence-electron chi connectivity index (χ4n) is 3.98. The summed E-state index contributed by atoms with van der Waals surface area (Å²) in [5.74, 6) is 1.44. The number of H-pyrrole nitrogens is 1. The molecule has 0 fully saturated rings. The van der Waals surface area contributed by atoms with E-state index in [0.29, 0.717) is 5.92 Å². The largest absolute Gasteiger partial charge is 0.309 e. The highest BCUT2D eigenvalue weighted by Crippen LogP contribution is 2.35. The third kappa shape index (κ3) is 3.71. The zero-order valence-corrected chi connectivity index (χ0v) is 17.1. The zero-order chi connectivity index (χ0) is 19.0. The maximum atomic E-state index is 12.7. The van der Waals surface area contributed by atoms with E-state index in [1.807, 2.05) is 0 Å². The normalized spacial score (nSPS) is 17.8. The second-order valence-corrected chi connectivity index (χ2v) is 8.92. The topological polar surface area (TPSA) is 57.8 Å². The Balaban J connectivity index is 1.51. The Hall–Kier alpha value is -1.98. The Kier molecular flexibility index (Phi) is 5.15. The number of aromatic amines is 1. The third-order valence-corrected chi connectivity index (χ3v) is 6.85. The molecule has 0 aliphatic heterocycles. The molecule has 2 atom stereocenters. The SMILES string of the molecule is Cc1ccccc1CCN[C@@H](C)c1nc2sc3c(c2c(=O)[nH]1)CC[C@@H](C)C3. The lowest BCUT2D eigenvalue weighted by Crippen LogP contribution is -2.25. The van der Waals surface area contributed by atoms with Crippen LogP contribution in [0.5, 0.6) is 0 Å². The van der Waals surface area contributed by atoms with Crippen molar-refractivity contribution >= 4 is 21.6 Å². The predicted octanol–water partition coefficient (Wildman–Crippen LogP) is 4.31. The molecule has 1 aliphatic rings. The van der Waals surface area contributed by atoms with Crippen LogP contribution in [0.1, 0.15) is 53.7 Å². The van der Waals surface area contributed by atoms with Gasteiger partial charge in [-0.1, -0.05) is 31.2 Å². The number of thiophene rings is 1. The van der Waals surface area contributed by atoms with Gasteiger partial charge in [0.15, 0.2) is 0 Å². The number of hydrogen-bond donors (Lipinski definition) is 2. The van der Waals surface area contributed by atoms with E-state index in [2.05, 4.69) is 55.3 Å². The molecule has 1 aliphatic carbocycles. The summed E-state index contributed by atoms with van der Waals surface area (Å²) >= 11 is 1.71. The number of aryl methyl sites for hydroxylation is 2. The van der Waals surface area contributed by atoms with Crippen LogP contribution in [0, 0.1) is 12.8 Å². The van der Waals surface area contributed by atoms with Crippen LogP contribution in [0.15, 0.2) is 29.1 Å². The van der Waals surface area contributed by atoms with Gasteiger partial charge in [0, 0.05) is 4.88 Å². The molecule has 2 heterocycles. The maximum absolute atomic E-state index is 12.7. The molecular weight excluding hydrogens is 354 g/mol. The highest BCUT2D eigenvalue weighted by molar-refractivity contribution is 7.18. The second kappa shape index (κ2) is 7.56. The van der Waals surface area contributed by atoms with Gasteiger partial charge in [-0.15, -0.1) is 11.3 Å². The van der Waals surface area contributed by atoms with Crippen LogP contribution < -0.4 is 10.9 Å². The van der Waals surface area contributed by atoms with Crippen molar-refractivity contribution in [3.63, 3.8) is 0 Å². The number of rotatable bonds is 5. The van der Waals surface area contributed by atoms with Gasteiger partial charge < -0.3 is 10.3 Å². The Labute approximate surface area is 164 Å². The van der Waals surface area contributed by atoms with E-state index in [-0.39, 0.29) is 11.6 Å². The van der Waals surface area contributed by atoms with Crippen molar-refractivity contribution in [1.82, 2.24) is 15.3 Å². The van der Waals surface area contributed by atoms with Crippen LogP contribution in [0.3, 0.4) is 0 Å². The Morgan fingerprint density at radius 3 is 3.00 bits per heavy atom. The fraction of sp³-hybridized carbons (Fsp3) is 0.455. The summed E-state index contributed by atoms with van der Waals surface area (Å²) in [7, 11) is 0. The minimum absolute atomic E-state index is 0.0178. The van der Waals surface area contributed by atoms with Crippen LogP contribution in [-0.4, -0.2) is 16.5 Å². The molecule has 1 aromatic carbocycles. The molecule has 0 saturated heterocycles. The number of benzene rings is 1. The van der Waals surface area contributed by atoms with Crippen molar-refractivity contribution in [3.05, 3.63) is 62.0 Å². The number of nitrogens with zero attached hydrogens (tertiary/aromatic N) is 1. The minimum atomic E-state index is 0.0178. The molecule has 0 amide bonds. The highest BCUT2D eigenvalue weighted by atomic mass is 32.1. The molecule has 0 radical (unpaired) electrons. The van der Waals surface area contributed by atoms with E-state index in [4.69, 9.17) is 4.98 Å². The lowest BCUT2D eigenvalue weighted by molar-refractivity contribution is 0.509. The van der Waals surface area contributed by atoms with Crippen molar-refractivity contribution in [3.8, 4) is 0 Å². The Morgan fingerprint density at radius 2 is 2.19 bits per heavy atom. The summed E-state index contributed by atoms with van der Waals surface area (Å²) in [6.07, 6.45) is 4.21. The standard InChI is InChI=1S/C22H27N3OS/c1-13-8-9-17-18(12-13)27-22-19(17)21(26)24-20(25-22)15(3)23-11-10-16-7-5-4-6-14(16)2/h4-7,13,15,23H,8-12H2,1-3H3,(H,24,25,26)/t13-,15+/m1/s1. The van der Waals surface area contributed by atoms with Crippen LogP contribution in [0.2, 0.25) is 0 Å². The van der Waals surface area contributed by atoms with Gasteiger partial charge in [0.05, 0.1) is 11.4 Å². The summed E-state index contributed by atoms with van der Waals surface area (Å²) in [5.41, 5.74) is 3.94. The first-order valence-electron chi connectivity index (χ1n) is 9.85. The molecule has 0 unspecified atom stereocenters. The lowest BCUT2D eigenvalue weighted by Gasteiger charge is -2.17. The van der Waals surface area contributed by atoms with Crippen LogP contribution in [-0.2, 0) is 19.3 Å². The first-order valence-corrected chi connectivity index (χ1v) is 10.7. The summed E-state index contributed by atoms with van der Waals surface area (Å²) in [6, 6.07) is 8.48. The Morgan fingerprint density at radius 1 is 1.37 bits per heavy atom. The van der Waals surface area contributed by atoms with Gasteiger partial charge in [0.2, 0.25) is 0 Å². The summed E-state index contributed by atoms with van der Waals surface area (Å²) in [4.78, 5) is 22.8.